The highest BCUT2D eigenvalue weighted by Gasteiger charge is 2.55. The Labute approximate surface area is 333 Å². The van der Waals surface area contributed by atoms with Gasteiger partial charge in [-0.25, -0.2) is 28.8 Å². The summed E-state index contributed by atoms with van der Waals surface area (Å²) in [5.74, 6) is -11.5. The lowest BCUT2D eigenvalue weighted by Gasteiger charge is -2.46. The summed E-state index contributed by atoms with van der Waals surface area (Å²) >= 11 is 0. The van der Waals surface area contributed by atoms with Crippen LogP contribution < -0.4 is 0 Å². The Morgan fingerprint density at radius 3 is 1.12 bits per heavy atom. The number of aliphatic hydroxyl groups is 2. The molecule has 0 aromatic carbocycles. The van der Waals surface area contributed by atoms with Crippen LogP contribution in [-0.2, 0) is 66.7 Å². The van der Waals surface area contributed by atoms with Crippen LogP contribution in [0.25, 0.3) is 0 Å². The molecule has 2 atom stereocenters. The summed E-state index contributed by atoms with van der Waals surface area (Å²) in [4.78, 5) is 76.3. The number of allylic oxidation sites excluding steroid dienone is 8. The summed E-state index contributed by atoms with van der Waals surface area (Å²) in [5, 5.41) is 21.3. The van der Waals surface area contributed by atoms with Crippen molar-refractivity contribution in [2.24, 2.45) is 11.8 Å². The van der Waals surface area contributed by atoms with Crippen LogP contribution in [0.1, 0.15) is 90.9 Å². The van der Waals surface area contributed by atoms with Gasteiger partial charge in [-0.2, -0.15) is 0 Å². The average molecular weight is 805 g/mol. The molecule has 4 heterocycles. The Hall–Kier alpha value is -6.06. The van der Waals surface area contributed by atoms with Gasteiger partial charge in [-0.05, 0) is 49.0 Å². The van der Waals surface area contributed by atoms with Crippen molar-refractivity contribution < 1.29 is 76.9 Å². The Kier molecular flexibility index (Phi) is 10.9. The fourth-order valence-corrected chi connectivity index (χ4v) is 8.22. The molecule has 16 nitrogen and oxygen atoms in total. The molecule has 2 unspecified atom stereocenters. The van der Waals surface area contributed by atoms with E-state index in [0.717, 1.165) is 25.7 Å². The molecule has 7 rings (SSSR count). The zero-order chi connectivity index (χ0) is 41.3. The number of esters is 6. The maximum atomic E-state index is 12.9. The van der Waals surface area contributed by atoms with E-state index < -0.39 is 70.9 Å². The van der Waals surface area contributed by atoms with Gasteiger partial charge in [-0.1, -0.05) is 63.1 Å². The van der Waals surface area contributed by atoms with Crippen LogP contribution in [0.2, 0.25) is 0 Å². The van der Waals surface area contributed by atoms with E-state index in [0.29, 0.717) is 25.7 Å². The first-order chi connectivity index (χ1) is 27.6. The second-order valence-electron chi connectivity index (χ2n) is 15.7. The summed E-state index contributed by atoms with van der Waals surface area (Å²) in [6, 6.07) is 0. The quantitative estimate of drug-likeness (QED) is 0.108. The van der Waals surface area contributed by atoms with E-state index in [1.807, 2.05) is 13.8 Å². The number of carbonyl (C=O) groups is 6. The molecule has 4 spiro atoms. The smallest absolute Gasteiger partial charge is 0.348 e. The summed E-state index contributed by atoms with van der Waals surface area (Å²) in [7, 11) is 0. The maximum absolute atomic E-state index is 12.9. The fraction of sp³-hybridized carbons (Fsp3) is 0.476. The lowest BCUT2D eigenvalue weighted by molar-refractivity contribution is -0.302. The van der Waals surface area contributed by atoms with Crippen molar-refractivity contribution in [2.75, 3.05) is 0 Å². The number of aliphatic hydroxyl groups excluding tert-OH is 2. The number of hydrogen-bond acceptors (Lipinski definition) is 16. The topological polar surface area (TPSA) is 217 Å². The second kappa shape index (κ2) is 15.7. The Morgan fingerprint density at radius 2 is 0.793 bits per heavy atom. The highest BCUT2D eigenvalue weighted by atomic mass is 16.8. The van der Waals surface area contributed by atoms with Crippen molar-refractivity contribution in [3.05, 3.63) is 94.9 Å². The van der Waals surface area contributed by atoms with Crippen LogP contribution in [0.15, 0.2) is 94.9 Å². The molecule has 58 heavy (non-hydrogen) atoms. The first-order valence-corrected chi connectivity index (χ1v) is 19.4. The van der Waals surface area contributed by atoms with Gasteiger partial charge in [0, 0.05) is 51.4 Å². The number of carbonyl (C=O) groups excluding carboxylic acids is 6. The monoisotopic (exact) mass is 804 g/mol. The summed E-state index contributed by atoms with van der Waals surface area (Å²) in [5.41, 5.74) is -1.14. The molecule has 7 aliphatic rings. The Bertz CT molecular complexity index is 1850. The minimum atomic E-state index is -1.60. The van der Waals surface area contributed by atoms with E-state index in [2.05, 4.69) is 0 Å². The normalized spacial score (nSPS) is 34.4. The number of hydrogen-bond donors (Lipinski definition) is 2. The van der Waals surface area contributed by atoms with Crippen LogP contribution >= 0.6 is 0 Å². The van der Waals surface area contributed by atoms with Crippen molar-refractivity contribution in [3.8, 4) is 0 Å². The Morgan fingerprint density at radius 1 is 0.448 bits per heavy atom. The molecule has 0 radical (unpaired) electrons. The van der Waals surface area contributed by atoms with Gasteiger partial charge in [0.25, 0.3) is 35.0 Å². The van der Waals surface area contributed by atoms with Gasteiger partial charge >= 0.3 is 35.8 Å². The zero-order valence-electron chi connectivity index (χ0n) is 32.0. The highest BCUT2D eigenvalue weighted by Crippen LogP contribution is 2.47. The molecule has 16 heteroatoms. The summed E-state index contributed by atoms with van der Waals surface area (Å²) in [6.45, 7) is 4.01. The Balaban J connectivity index is 0.910. The van der Waals surface area contributed by atoms with Gasteiger partial charge < -0.3 is 48.1 Å². The highest BCUT2D eigenvalue weighted by molar-refractivity contribution is 6.16. The SMILES string of the molecule is CC1CCCC2(C1)OC(=O)C(=CC=CC=CC1=C(O)OC3(CCC4(CC3)OC(=O)C(C=CC=CC=C3C(=O)OC5(CCCC(C)C5)OC3=O)=C(O)O4)OC1=O)C(=O)O2. The van der Waals surface area contributed by atoms with Crippen molar-refractivity contribution in [3.63, 3.8) is 0 Å². The van der Waals surface area contributed by atoms with Gasteiger partial charge in [0.1, 0.15) is 22.3 Å². The molecular weight excluding hydrogens is 760 g/mol. The minimum absolute atomic E-state index is 0.0756. The van der Waals surface area contributed by atoms with Gasteiger partial charge in [-0.3, -0.25) is 0 Å². The van der Waals surface area contributed by atoms with Crippen molar-refractivity contribution in [1.82, 2.24) is 0 Å². The van der Waals surface area contributed by atoms with Crippen LogP contribution in [0, 0.1) is 11.8 Å². The second-order valence-corrected chi connectivity index (χ2v) is 15.7. The molecule has 3 aliphatic carbocycles. The number of ether oxygens (including phenoxy) is 8. The molecule has 4 aliphatic heterocycles. The van der Waals surface area contributed by atoms with E-state index in [-0.39, 0.29) is 59.8 Å². The summed E-state index contributed by atoms with van der Waals surface area (Å²) in [6.07, 6.45) is 18.2. The lowest BCUT2D eigenvalue weighted by atomic mass is 9.85. The predicted molar refractivity (Wildman–Crippen MR) is 195 cm³/mol. The van der Waals surface area contributed by atoms with E-state index in [1.54, 1.807) is 0 Å². The van der Waals surface area contributed by atoms with Crippen LogP contribution in [0.4, 0.5) is 0 Å². The lowest BCUT2D eigenvalue weighted by Crippen LogP contribution is -2.53. The van der Waals surface area contributed by atoms with E-state index in [9.17, 15) is 39.0 Å². The molecule has 308 valence electrons. The van der Waals surface area contributed by atoms with E-state index >= 15 is 0 Å². The van der Waals surface area contributed by atoms with Gasteiger partial charge in [0.2, 0.25) is 0 Å². The fourth-order valence-electron chi connectivity index (χ4n) is 8.22. The first-order valence-electron chi connectivity index (χ1n) is 19.4. The third kappa shape index (κ3) is 8.31. The molecule has 5 fully saturated rings. The molecule has 0 aromatic rings. The maximum Gasteiger partial charge on any atom is 0.348 e. The van der Waals surface area contributed by atoms with Crippen molar-refractivity contribution in [1.29, 1.82) is 0 Å². The number of rotatable bonds is 6. The van der Waals surface area contributed by atoms with E-state index in [1.165, 1.54) is 60.8 Å². The van der Waals surface area contributed by atoms with Crippen molar-refractivity contribution >= 4 is 35.8 Å². The molecular formula is C42H44O16. The first kappa shape index (κ1) is 40.1. The molecule has 0 aromatic heterocycles. The van der Waals surface area contributed by atoms with Crippen LogP contribution in [0.3, 0.4) is 0 Å². The predicted octanol–water partition coefficient (Wildman–Crippen LogP) is 5.73. The summed E-state index contributed by atoms with van der Waals surface area (Å²) < 4.78 is 44.5. The molecule has 0 bridgehead atoms. The largest absolute Gasteiger partial charge is 0.480 e. The van der Waals surface area contributed by atoms with Crippen molar-refractivity contribution in [2.45, 2.75) is 114 Å². The molecule has 2 N–H and O–H groups in total. The van der Waals surface area contributed by atoms with Crippen LogP contribution in [0.5, 0.6) is 0 Å². The molecule has 2 saturated heterocycles. The standard InChI is InChI=1S/C42H44O16/c1-25-11-9-17-41(23-25)55-35(47)29(36(48)56-41)15-7-3-5-13-27-31(43)51-39(52-32(27)44)19-21-40(22-20-39)53-33(45)28(34(46)54-40)14-6-4-8-16-30-37(49)57-42(58-38(30)50)18-10-12-26(2)24-42/h3-8,13-16,25-26,43,45H,9-12,17-24H2,1-2H3. The molecule has 3 saturated carbocycles. The van der Waals surface area contributed by atoms with Gasteiger partial charge in [0.05, 0.1) is 0 Å². The van der Waals surface area contributed by atoms with Gasteiger partial charge in [0.15, 0.2) is 0 Å². The third-order valence-corrected chi connectivity index (χ3v) is 11.1. The van der Waals surface area contributed by atoms with E-state index in [4.69, 9.17) is 37.9 Å². The average Bonchev–Trinajstić information content (AvgIpc) is 3.13. The molecule has 0 amide bonds. The minimum Gasteiger partial charge on any atom is -0.480 e. The van der Waals surface area contributed by atoms with Gasteiger partial charge in [-0.15, -0.1) is 0 Å². The third-order valence-electron chi connectivity index (χ3n) is 11.1. The zero-order valence-corrected chi connectivity index (χ0v) is 32.0. The van der Waals surface area contributed by atoms with Crippen LogP contribution in [-0.4, -0.2) is 69.2 Å².